The minimum atomic E-state index is -6.05. The van der Waals surface area contributed by atoms with Crippen molar-refractivity contribution >= 4 is 10.9 Å². The molecule has 0 aliphatic carbocycles. The summed E-state index contributed by atoms with van der Waals surface area (Å²) < 4.78 is 82.4. The molecule has 0 aliphatic heterocycles. The number of aryl methyl sites for hydroxylation is 2. The highest BCUT2D eigenvalue weighted by Gasteiger charge is 2.71. The summed E-state index contributed by atoms with van der Waals surface area (Å²) in [6.45, 7) is 3.05. The molecule has 0 bridgehead atoms. The quantitative estimate of drug-likeness (QED) is 0.243. The number of benzene rings is 2. The number of nitrogens with zero attached hydrogens (tertiary/aromatic N) is 4. The van der Waals surface area contributed by atoms with Crippen LogP contribution >= 0.6 is 0 Å². The number of pyridine rings is 2. The van der Waals surface area contributed by atoms with Crippen LogP contribution in [0, 0.1) is 13.8 Å². The number of aromatic nitrogens is 4. The molecule has 12 heteroatoms. The van der Waals surface area contributed by atoms with Crippen molar-refractivity contribution in [1.82, 2.24) is 19.5 Å². The second kappa shape index (κ2) is 10.4. The topological polar surface area (TPSA) is 80.9 Å². The summed E-state index contributed by atoms with van der Waals surface area (Å²) in [5.74, 6) is 0.182. The van der Waals surface area contributed by atoms with Gasteiger partial charge in [-0.05, 0) is 61.4 Å². The van der Waals surface area contributed by atoms with E-state index < -0.39 is 29.1 Å². The Labute approximate surface area is 235 Å². The van der Waals surface area contributed by atoms with E-state index in [1.807, 2.05) is 0 Å². The van der Waals surface area contributed by atoms with Gasteiger partial charge in [0, 0.05) is 35.6 Å². The Kier molecular flexibility index (Phi) is 7.13. The van der Waals surface area contributed by atoms with E-state index in [0.29, 0.717) is 34.5 Å². The van der Waals surface area contributed by atoms with Gasteiger partial charge >= 0.3 is 12.4 Å². The van der Waals surface area contributed by atoms with Gasteiger partial charge in [0.25, 0.3) is 11.2 Å². The maximum atomic E-state index is 14.0. The third kappa shape index (κ3) is 5.02. The van der Waals surface area contributed by atoms with Gasteiger partial charge in [-0.2, -0.15) is 26.3 Å². The molecule has 1 N–H and O–H groups in total. The van der Waals surface area contributed by atoms with Crippen molar-refractivity contribution in [2.24, 2.45) is 0 Å². The summed E-state index contributed by atoms with van der Waals surface area (Å²) in [6.07, 6.45) is -8.85. The number of rotatable bonds is 5. The third-order valence-electron chi connectivity index (χ3n) is 6.91. The van der Waals surface area contributed by atoms with E-state index in [0.717, 1.165) is 16.3 Å². The normalized spacial score (nSPS) is 12.6. The van der Waals surface area contributed by atoms with E-state index in [-0.39, 0.29) is 28.9 Å². The molecule has 5 aromatic rings. The van der Waals surface area contributed by atoms with E-state index in [4.69, 9.17) is 0 Å². The summed E-state index contributed by atoms with van der Waals surface area (Å²) in [4.78, 5) is 27.2. The summed E-state index contributed by atoms with van der Waals surface area (Å²) in [5.41, 5.74) is -4.29. The lowest BCUT2D eigenvalue weighted by Crippen LogP contribution is -2.54. The van der Waals surface area contributed by atoms with Crippen LogP contribution in [0.4, 0.5) is 26.3 Å². The summed E-state index contributed by atoms with van der Waals surface area (Å²) in [5, 5.41) is 10.1. The van der Waals surface area contributed by atoms with E-state index >= 15 is 0 Å². The molecular formula is C30H22F6N4O2. The molecule has 0 unspecified atom stereocenters. The molecule has 0 saturated carbocycles. The number of alkyl halides is 6. The average Bonchev–Trinajstić information content (AvgIpc) is 2.93. The fraction of sp³-hybridized carbons (Fsp3) is 0.200. The molecule has 0 fully saturated rings. The number of aliphatic hydroxyl groups is 1. The first-order valence-electron chi connectivity index (χ1n) is 12.6. The Hall–Kier alpha value is -4.58. The molecule has 3 heterocycles. The second-order valence-electron chi connectivity index (χ2n) is 9.81. The number of hydrogen-bond donors (Lipinski definition) is 1. The average molecular weight is 585 g/mol. The van der Waals surface area contributed by atoms with Gasteiger partial charge in [0.2, 0.25) is 0 Å². The highest BCUT2D eigenvalue weighted by Crippen LogP contribution is 2.50. The summed E-state index contributed by atoms with van der Waals surface area (Å²) >= 11 is 0. The van der Waals surface area contributed by atoms with Gasteiger partial charge in [-0.15, -0.1) is 0 Å². The Morgan fingerprint density at radius 3 is 2.19 bits per heavy atom. The first-order valence-corrected chi connectivity index (χ1v) is 12.6. The van der Waals surface area contributed by atoms with Crippen LogP contribution in [0.2, 0.25) is 0 Å². The summed E-state index contributed by atoms with van der Waals surface area (Å²) in [7, 11) is 0. The molecule has 0 radical (unpaired) electrons. The van der Waals surface area contributed by atoms with Crippen LogP contribution in [0.15, 0.2) is 83.9 Å². The van der Waals surface area contributed by atoms with Crippen LogP contribution in [-0.2, 0) is 12.0 Å². The van der Waals surface area contributed by atoms with E-state index in [1.165, 1.54) is 6.92 Å². The smallest absolute Gasteiger partial charge is 0.369 e. The SMILES string of the molecule is Cc1ccc(Cc2nc3ccc(-c4ccccn4)cc3c(=O)n2-c2ccc(C(O)(C(F)(F)F)C(F)(F)F)cc2C)cn1. The van der Waals surface area contributed by atoms with Crippen LogP contribution in [0.25, 0.3) is 27.8 Å². The lowest BCUT2D eigenvalue weighted by atomic mass is 9.90. The Morgan fingerprint density at radius 2 is 1.60 bits per heavy atom. The molecule has 0 saturated heterocycles. The van der Waals surface area contributed by atoms with Crippen LogP contribution in [0.1, 0.15) is 28.2 Å². The standard InChI is InChI=1S/C30H22F6N4O2/c1-17-13-21(28(42,29(31,32)33)30(34,35)36)9-11-25(17)40-26(14-19-7-6-18(2)38-16-19)39-24-10-8-20(15-22(24)27(40)41)23-5-3-4-12-37-23/h3-13,15-16,42H,14H2,1-2H3. The van der Waals surface area contributed by atoms with Crippen molar-refractivity contribution < 1.29 is 31.4 Å². The van der Waals surface area contributed by atoms with Gasteiger partial charge in [-0.1, -0.05) is 30.3 Å². The van der Waals surface area contributed by atoms with Crippen molar-refractivity contribution in [3.63, 3.8) is 0 Å². The lowest BCUT2D eigenvalue weighted by molar-refractivity contribution is -0.376. The molecule has 5 rings (SSSR count). The lowest BCUT2D eigenvalue weighted by Gasteiger charge is -2.33. The number of fused-ring (bicyclic) bond motifs is 1. The molecule has 216 valence electrons. The number of halogens is 6. The number of hydrogen-bond acceptors (Lipinski definition) is 5. The van der Waals surface area contributed by atoms with Gasteiger partial charge in [-0.3, -0.25) is 19.3 Å². The van der Waals surface area contributed by atoms with E-state index in [2.05, 4.69) is 15.0 Å². The monoisotopic (exact) mass is 584 g/mol. The second-order valence-corrected chi connectivity index (χ2v) is 9.81. The third-order valence-corrected chi connectivity index (χ3v) is 6.91. The van der Waals surface area contributed by atoms with Crippen LogP contribution < -0.4 is 5.56 Å². The summed E-state index contributed by atoms with van der Waals surface area (Å²) in [6, 6.07) is 15.8. The van der Waals surface area contributed by atoms with Gasteiger partial charge in [0.15, 0.2) is 0 Å². The minimum absolute atomic E-state index is 0.00293. The largest absolute Gasteiger partial charge is 0.430 e. The maximum Gasteiger partial charge on any atom is 0.430 e. The van der Waals surface area contributed by atoms with Crippen LogP contribution in [0.5, 0.6) is 0 Å². The van der Waals surface area contributed by atoms with Crippen molar-refractivity contribution in [1.29, 1.82) is 0 Å². The molecular weight excluding hydrogens is 562 g/mol. The molecule has 0 spiro atoms. The highest BCUT2D eigenvalue weighted by molar-refractivity contribution is 5.83. The van der Waals surface area contributed by atoms with Crippen molar-refractivity contribution in [2.45, 2.75) is 38.2 Å². The zero-order valence-electron chi connectivity index (χ0n) is 22.1. The first kappa shape index (κ1) is 28.9. The molecule has 0 atom stereocenters. The Balaban J connectivity index is 1.74. The Morgan fingerprint density at radius 1 is 0.857 bits per heavy atom. The van der Waals surface area contributed by atoms with E-state index in [9.17, 15) is 36.2 Å². The van der Waals surface area contributed by atoms with Crippen molar-refractivity contribution in [2.75, 3.05) is 0 Å². The van der Waals surface area contributed by atoms with Crippen molar-refractivity contribution in [3.8, 4) is 16.9 Å². The van der Waals surface area contributed by atoms with Crippen molar-refractivity contribution in [3.05, 3.63) is 118 Å². The van der Waals surface area contributed by atoms with Crippen LogP contribution in [0.3, 0.4) is 0 Å². The van der Waals surface area contributed by atoms with Gasteiger partial charge < -0.3 is 5.11 Å². The highest BCUT2D eigenvalue weighted by atomic mass is 19.4. The minimum Gasteiger partial charge on any atom is -0.369 e. The molecule has 0 aliphatic rings. The van der Waals surface area contributed by atoms with E-state index in [1.54, 1.807) is 67.8 Å². The molecule has 6 nitrogen and oxygen atoms in total. The first-order chi connectivity index (χ1) is 19.7. The fourth-order valence-corrected chi connectivity index (χ4v) is 4.70. The maximum absolute atomic E-state index is 14.0. The van der Waals surface area contributed by atoms with Crippen LogP contribution in [-0.4, -0.2) is 37.0 Å². The Bertz CT molecular complexity index is 1820. The van der Waals surface area contributed by atoms with Gasteiger partial charge in [-0.25, -0.2) is 4.98 Å². The zero-order chi connectivity index (χ0) is 30.4. The fourth-order valence-electron chi connectivity index (χ4n) is 4.70. The van der Waals surface area contributed by atoms with Gasteiger partial charge in [0.05, 0.1) is 22.3 Å². The molecule has 0 amide bonds. The molecule has 42 heavy (non-hydrogen) atoms. The van der Waals surface area contributed by atoms with Gasteiger partial charge in [0.1, 0.15) is 5.82 Å². The molecule has 3 aromatic heterocycles. The molecule has 2 aromatic carbocycles. The zero-order valence-corrected chi connectivity index (χ0v) is 22.1. The predicted molar refractivity (Wildman–Crippen MR) is 143 cm³/mol. The predicted octanol–water partition coefficient (Wildman–Crippen LogP) is 6.36.